The number of aromatic nitrogens is 2. The van der Waals surface area contributed by atoms with Gasteiger partial charge in [-0.1, -0.05) is 42.5 Å². The highest BCUT2D eigenvalue weighted by molar-refractivity contribution is 6.35. The van der Waals surface area contributed by atoms with Crippen LogP contribution in [-0.2, 0) is 0 Å². The molecule has 1 heterocycles. The molecule has 1 aliphatic rings. The van der Waals surface area contributed by atoms with E-state index in [9.17, 15) is 4.79 Å². The molecular formula is C18H20Cl2N4O. The molecule has 7 heteroatoms. The summed E-state index contributed by atoms with van der Waals surface area (Å²) in [7, 11) is 0. The summed E-state index contributed by atoms with van der Waals surface area (Å²) in [6.45, 7) is 1.83. The second-order valence-electron chi connectivity index (χ2n) is 6.31. The van der Waals surface area contributed by atoms with Crippen molar-refractivity contribution in [1.29, 1.82) is 0 Å². The number of aryl methyl sites for hydroxylation is 1. The van der Waals surface area contributed by atoms with Gasteiger partial charge in [-0.05, 0) is 44.0 Å². The van der Waals surface area contributed by atoms with Crippen molar-refractivity contribution < 1.29 is 4.79 Å². The molecule has 0 saturated heterocycles. The van der Waals surface area contributed by atoms with Gasteiger partial charge in [-0.15, -0.1) is 0 Å². The summed E-state index contributed by atoms with van der Waals surface area (Å²) in [4.78, 5) is 21.2. The average molecular weight is 379 g/mol. The van der Waals surface area contributed by atoms with E-state index in [1.54, 1.807) is 24.3 Å². The Hall–Kier alpha value is -1.85. The average Bonchev–Trinajstić information content (AvgIpc) is 2.54. The molecule has 0 atom stereocenters. The van der Waals surface area contributed by atoms with Gasteiger partial charge in [-0.25, -0.2) is 9.97 Å². The first-order valence-corrected chi connectivity index (χ1v) is 9.15. The fourth-order valence-corrected chi connectivity index (χ4v) is 3.53. The highest BCUT2D eigenvalue weighted by Gasteiger charge is 2.18. The molecule has 1 fully saturated rings. The van der Waals surface area contributed by atoms with Crippen LogP contribution in [0.1, 0.15) is 48.3 Å². The summed E-state index contributed by atoms with van der Waals surface area (Å²) in [6.07, 6.45) is 5.63. The molecule has 2 N–H and O–H groups in total. The second kappa shape index (κ2) is 8.02. The Kier molecular flexibility index (Phi) is 5.76. The lowest BCUT2D eigenvalue weighted by Crippen LogP contribution is -2.36. The minimum Gasteiger partial charge on any atom is -0.348 e. The van der Waals surface area contributed by atoms with Crippen molar-refractivity contribution in [2.24, 2.45) is 0 Å². The number of rotatable bonds is 4. The molecule has 1 saturated carbocycles. The zero-order valence-corrected chi connectivity index (χ0v) is 15.5. The Labute approximate surface area is 157 Å². The molecule has 0 aliphatic heterocycles. The summed E-state index contributed by atoms with van der Waals surface area (Å²) in [5.41, 5.74) is 1.73. The summed E-state index contributed by atoms with van der Waals surface area (Å²) >= 11 is 12.0. The number of amides is 1. The van der Waals surface area contributed by atoms with E-state index in [1.165, 1.54) is 6.42 Å². The molecule has 25 heavy (non-hydrogen) atoms. The molecule has 132 valence electrons. The molecule has 0 spiro atoms. The third kappa shape index (κ3) is 5.06. The summed E-state index contributed by atoms with van der Waals surface area (Å²) < 4.78 is 0. The van der Waals surface area contributed by atoms with Gasteiger partial charge in [-0.3, -0.25) is 4.79 Å². The second-order valence-corrected chi connectivity index (χ2v) is 7.18. The van der Waals surface area contributed by atoms with E-state index in [2.05, 4.69) is 20.6 Å². The standard InChI is InChI=1S/C18H20Cl2N4O/c1-11-7-16(17(25)22-14-5-3-2-4-6-14)24-18(21-11)23-15-9-12(19)8-13(20)10-15/h7-10,14H,2-6H2,1H3,(H,22,25)(H,21,23,24). The number of carbonyl (C=O) groups is 1. The van der Waals surface area contributed by atoms with Crippen molar-refractivity contribution in [2.75, 3.05) is 5.32 Å². The molecular weight excluding hydrogens is 359 g/mol. The van der Waals surface area contributed by atoms with Crippen molar-refractivity contribution >= 4 is 40.7 Å². The zero-order valence-electron chi connectivity index (χ0n) is 14.0. The lowest BCUT2D eigenvalue weighted by Gasteiger charge is -2.22. The number of carbonyl (C=O) groups excluding carboxylic acids is 1. The highest BCUT2D eigenvalue weighted by Crippen LogP contribution is 2.24. The first kappa shape index (κ1) is 18.0. The van der Waals surface area contributed by atoms with E-state index in [0.29, 0.717) is 33.1 Å². The quantitative estimate of drug-likeness (QED) is 0.793. The van der Waals surface area contributed by atoms with Crippen LogP contribution < -0.4 is 10.6 Å². The minimum absolute atomic E-state index is 0.162. The number of hydrogen-bond acceptors (Lipinski definition) is 4. The van der Waals surface area contributed by atoms with Crippen molar-refractivity contribution in [1.82, 2.24) is 15.3 Å². The number of hydrogen-bond donors (Lipinski definition) is 2. The van der Waals surface area contributed by atoms with Gasteiger partial charge in [-0.2, -0.15) is 0 Å². The van der Waals surface area contributed by atoms with Crippen LogP contribution in [0.25, 0.3) is 0 Å². The largest absolute Gasteiger partial charge is 0.348 e. The van der Waals surface area contributed by atoms with E-state index in [4.69, 9.17) is 23.2 Å². The van der Waals surface area contributed by atoms with E-state index < -0.39 is 0 Å². The summed E-state index contributed by atoms with van der Waals surface area (Å²) in [5.74, 6) is 0.178. The van der Waals surface area contributed by atoms with Gasteiger partial charge in [0.25, 0.3) is 5.91 Å². The number of nitrogens with one attached hydrogen (secondary N) is 2. The van der Waals surface area contributed by atoms with Crippen LogP contribution >= 0.6 is 23.2 Å². The van der Waals surface area contributed by atoms with Crippen LogP contribution in [-0.4, -0.2) is 21.9 Å². The fourth-order valence-electron chi connectivity index (χ4n) is 3.00. The lowest BCUT2D eigenvalue weighted by molar-refractivity contribution is 0.0922. The van der Waals surface area contributed by atoms with Gasteiger partial charge in [0.1, 0.15) is 5.69 Å². The fraction of sp³-hybridized carbons (Fsp3) is 0.389. The maximum absolute atomic E-state index is 12.5. The van der Waals surface area contributed by atoms with Crippen molar-refractivity contribution in [3.8, 4) is 0 Å². The van der Waals surface area contributed by atoms with Gasteiger partial charge in [0.15, 0.2) is 0 Å². The van der Waals surface area contributed by atoms with Crippen molar-refractivity contribution in [3.05, 3.63) is 45.7 Å². The third-order valence-corrected chi connectivity index (χ3v) is 4.58. The maximum atomic E-state index is 12.5. The van der Waals surface area contributed by atoms with Crippen molar-refractivity contribution in [3.63, 3.8) is 0 Å². The highest BCUT2D eigenvalue weighted by atomic mass is 35.5. The number of anilines is 2. The smallest absolute Gasteiger partial charge is 0.270 e. The van der Waals surface area contributed by atoms with Gasteiger partial charge in [0.2, 0.25) is 5.95 Å². The Bertz CT molecular complexity index is 755. The van der Waals surface area contributed by atoms with Crippen LogP contribution in [0, 0.1) is 6.92 Å². The molecule has 5 nitrogen and oxygen atoms in total. The molecule has 1 aliphatic carbocycles. The third-order valence-electron chi connectivity index (χ3n) is 4.15. The zero-order chi connectivity index (χ0) is 17.8. The minimum atomic E-state index is -0.162. The predicted molar refractivity (Wildman–Crippen MR) is 101 cm³/mol. The molecule has 0 unspecified atom stereocenters. The van der Waals surface area contributed by atoms with E-state index in [-0.39, 0.29) is 11.9 Å². The lowest BCUT2D eigenvalue weighted by atomic mass is 9.95. The van der Waals surface area contributed by atoms with Crippen LogP contribution in [0.4, 0.5) is 11.6 Å². The van der Waals surface area contributed by atoms with E-state index >= 15 is 0 Å². The normalized spacial score (nSPS) is 15.0. The molecule has 1 amide bonds. The molecule has 0 bridgehead atoms. The molecule has 2 aromatic rings. The maximum Gasteiger partial charge on any atom is 0.270 e. The first-order chi connectivity index (χ1) is 12.0. The van der Waals surface area contributed by atoms with Gasteiger partial charge in [0, 0.05) is 27.5 Å². The molecule has 3 rings (SSSR count). The van der Waals surface area contributed by atoms with Crippen LogP contribution in [0.5, 0.6) is 0 Å². The van der Waals surface area contributed by atoms with Gasteiger partial charge in [0.05, 0.1) is 0 Å². The Morgan fingerprint density at radius 1 is 1.04 bits per heavy atom. The summed E-state index contributed by atoms with van der Waals surface area (Å²) in [5, 5.41) is 7.15. The topological polar surface area (TPSA) is 66.9 Å². The monoisotopic (exact) mass is 378 g/mol. The summed E-state index contributed by atoms with van der Waals surface area (Å²) in [6, 6.07) is 7.02. The van der Waals surface area contributed by atoms with Gasteiger partial charge >= 0.3 is 0 Å². The Morgan fingerprint density at radius 3 is 2.40 bits per heavy atom. The molecule has 0 radical (unpaired) electrons. The molecule has 1 aromatic heterocycles. The Balaban J connectivity index is 1.76. The number of halogens is 2. The van der Waals surface area contributed by atoms with Crippen LogP contribution in [0.3, 0.4) is 0 Å². The first-order valence-electron chi connectivity index (χ1n) is 8.39. The van der Waals surface area contributed by atoms with Crippen molar-refractivity contribution in [2.45, 2.75) is 45.1 Å². The van der Waals surface area contributed by atoms with Gasteiger partial charge < -0.3 is 10.6 Å². The van der Waals surface area contributed by atoms with E-state index in [0.717, 1.165) is 25.7 Å². The van der Waals surface area contributed by atoms with E-state index in [1.807, 2.05) is 6.92 Å². The number of nitrogens with zero attached hydrogens (tertiary/aromatic N) is 2. The SMILES string of the molecule is Cc1cc(C(=O)NC2CCCCC2)nc(Nc2cc(Cl)cc(Cl)c2)n1. The predicted octanol–water partition coefficient (Wildman–Crippen LogP) is 4.90. The Morgan fingerprint density at radius 2 is 1.72 bits per heavy atom. The molecule has 1 aromatic carbocycles. The number of benzene rings is 1. The van der Waals surface area contributed by atoms with Crippen LogP contribution in [0.15, 0.2) is 24.3 Å². The van der Waals surface area contributed by atoms with Crippen LogP contribution in [0.2, 0.25) is 10.0 Å².